The summed E-state index contributed by atoms with van der Waals surface area (Å²) in [5, 5.41) is 4.05. The van der Waals surface area contributed by atoms with Gasteiger partial charge in [0.05, 0.1) is 17.7 Å². The number of halogens is 1. The number of ether oxygens (including phenoxy) is 1. The Morgan fingerprint density at radius 3 is 2.87 bits per heavy atom. The predicted molar refractivity (Wildman–Crippen MR) is 115 cm³/mol. The first-order chi connectivity index (χ1) is 15.0. The van der Waals surface area contributed by atoms with E-state index in [1.165, 1.54) is 12.1 Å². The van der Waals surface area contributed by atoms with E-state index in [-0.39, 0.29) is 5.82 Å². The molecule has 2 aromatic heterocycles. The standard InChI is InChI=1S/C23H20FN5O2/c1-13-10-18-16(20(25)30)6-3-7-19(18)29(13)23-27-21(17-8-9-31-22(17)28-23)26-12-14-4-2-5-15(24)11-14/h2-7,10-11H,8-9,12H2,1H3,(H2,25,30)(H,26,27,28). The molecule has 156 valence electrons. The maximum Gasteiger partial charge on any atom is 0.249 e. The molecule has 31 heavy (non-hydrogen) atoms. The fourth-order valence-electron chi connectivity index (χ4n) is 3.97. The average Bonchev–Trinajstić information content (AvgIpc) is 3.35. The number of benzene rings is 2. The average molecular weight is 417 g/mol. The first-order valence-electron chi connectivity index (χ1n) is 9.94. The zero-order valence-corrected chi connectivity index (χ0v) is 16.9. The van der Waals surface area contributed by atoms with Crippen molar-refractivity contribution in [3.63, 3.8) is 0 Å². The highest BCUT2D eigenvalue weighted by atomic mass is 19.1. The van der Waals surface area contributed by atoms with E-state index in [9.17, 15) is 9.18 Å². The van der Waals surface area contributed by atoms with E-state index < -0.39 is 5.91 Å². The number of carbonyl (C=O) groups excluding carboxylic acids is 1. The van der Waals surface area contributed by atoms with Crippen LogP contribution in [0, 0.1) is 12.7 Å². The quantitative estimate of drug-likeness (QED) is 0.518. The van der Waals surface area contributed by atoms with E-state index >= 15 is 0 Å². The van der Waals surface area contributed by atoms with E-state index in [1.807, 2.05) is 29.7 Å². The number of amides is 1. The number of nitrogens with one attached hydrogen (secondary N) is 1. The van der Waals surface area contributed by atoms with Crippen LogP contribution >= 0.6 is 0 Å². The van der Waals surface area contributed by atoms with Crippen LogP contribution in [-0.4, -0.2) is 27.0 Å². The number of hydrogen-bond donors (Lipinski definition) is 2. The Kier molecular flexibility index (Phi) is 4.54. The molecule has 0 unspecified atom stereocenters. The Hall–Kier alpha value is -3.94. The van der Waals surface area contributed by atoms with Crippen molar-refractivity contribution in [3.05, 3.63) is 76.7 Å². The van der Waals surface area contributed by atoms with Crippen molar-refractivity contribution in [2.24, 2.45) is 5.73 Å². The van der Waals surface area contributed by atoms with Crippen molar-refractivity contribution >= 4 is 22.6 Å². The number of anilines is 1. The number of aryl methyl sites for hydroxylation is 1. The van der Waals surface area contributed by atoms with Crippen molar-refractivity contribution in [1.82, 2.24) is 14.5 Å². The molecule has 0 spiro atoms. The maximum absolute atomic E-state index is 13.5. The van der Waals surface area contributed by atoms with Crippen LogP contribution in [0.1, 0.15) is 27.2 Å². The second-order valence-corrected chi connectivity index (χ2v) is 7.46. The molecule has 1 aliphatic heterocycles. The van der Waals surface area contributed by atoms with Gasteiger partial charge in [0, 0.05) is 29.6 Å². The lowest BCUT2D eigenvalue weighted by Crippen LogP contribution is -2.11. The predicted octanol–water partition coefficient (Wildman–Crippen LogP) is 3.51. The van der Waals surface area contributed by atoms with Crippen molar-refractivity contribution in [2.75, 3.05) is 11.9 Å². The molecule has 3 heterocycles. The van der Waals surface area contributed by atoms with Gasteiger partial charge in [-0.05, 0) is 42.8 Å². The van der Waals surface area contributed by atoms with Crippen LogP contribution in [0.25, 0.3) is 16.9 Å². The minimum atomic E-state index is -0.488. The van der Waals surface area contributed by atoms with Gasteiger partial charge in [-0.1, -0.05) is 18.2 Å². The lowest BCUT2D eigenvalue weighted by atomic mass is 10.1. The zero-order valence-electron chi connectivity index (χ0n) is 16.9. The SMILES string of the molecule is Cc1cc2c(C(N)=O)cccc2n1-c1nc(NCc2cccc(F)c2)c2c(n1)OCC2. The molecule has 0 radical (unpaired) electrons. The molecule has 4 aromatic rings. The smallest absolute Gasteiger partial charge is 0.249 e. The molecule has 5 rings (SSSR count). The Labute approximate surface area is 177 Å². The maximum atomic E-state index is 13.5. The molecular weight excluding hydrogens is 397 g/mol. The third-order valence-corrected chi connectivity index (χ3v) is 5.39. The lowest BCUT2D eigenvalue weighted by molar-refractivity contribution is 0.100. The molecule has 0 aliphatic carbocycles. The van der Waals surface area contributed by atoms with Gasteiger partial charge in [-0.15, -0.1) is 0 Å². The highest BCUT2D eigenvalue weighted by Gasteiger charge is 2.23. The molecule has 1 amide bonds. The summed E-state index contributed by atoms with van der Waals surface area (Å²) in [4.78, 5) is 21.2. The number of hydrogen-bond acceptors (Lipinski definition) is 5. The van der Waals surface area contributed by atoms with Crippen LogP contribution in [0.15, 0.2) is 48.5 Å². The Morgan fingerprint density at radius 2 is 2.06 bits per heavy atom. The van der Waals surface area contributed by atoms with Gasteiger partial charge in [0.2, 0.25) is 17.7 Å². The van der Waals surface area contributed by atoms with E-state index in [0.29, 0.717) is 42.8 Å². The summed E-state index contributed by atoms with van der Waals surface area (Å²) >= 11 is 0. The largest absolute Gasteiger partial charge is 0.477 e. The highest BCUT2D eigenvalue weighted by molar-refractivity contribution is 6.06. The molecule has 0 saturated heterocycles. The van der Waals surface area contributed by atoms with Crippen LogP contribution in [-0.2, 0) is 13.0 Å². The van der Waals surface area contributed by atoms with E-state index in [0.717, 1.165) is 27.7 Å². The molecular formula is C23H20FN5O2. The fourth-order valence-corrected chi connectivity index (χ4v) is 3.97. The van der Waals surface area contributed by atoms with Crippen LogP contribution in [0.5, 0.6) is 5.88 Å². The number of aromatic nitrogens is 3. The van der Waals surface area contributed by atoms with Gasteiger partial charge in [0.1, 0.15) is 11.6 Å². The Morgan fingerprint density at radius 1 is 1.23 bits per heavy atom. The minimum absolute atomic E-state index is 0.282. The van der Waals surface area contributed by atoms with E-state index in [2.05, 4.69) is 10.3 Å². The minimum Gasteiger partial charge on any atom is -0.477 e. The third kappa shape index (κ3) is 3.35. The molecule has 7 nitrogen and oxygen atoms in total. The summed E-state index contributed by atoms with van der Waals surface area (Å²) in [7, 11) is 0. The molecule has 8 heteroatoms. The molecule has 3 N–H and O–H groups in total. The van der Waals surface area contributed by atoms with E-state index in [1.54, 1.807) is 18.2 Å². The molecule has 2 aromatic carbocycles. The second-order valence-electron chi connectivity index (χ2n) is 7.46. The molecule has 0 atom stereocenters. The van der Waals surface area contributed by atoms with Crippen molar-refractivity contribution in [1.29, 1.82) is 0 Å². The molecule has 0 bridgehead atoms. The molecule has 1 aliphatic rings. The van der Waals surface area contributed by atoms with Gasteiger partial charge in [0.25, 0.3) is 0 Å². The monoisotopic (exact) mass is 417 g/mol. The second kappa shape index (κ2) is 7.39. The van der Waals surface area contributed by atoms with Crippen molar-refractivity contribution in [2.45, 2.75) is 19.9 Å². The topological polar surface area (TPSA) is 95.1 Å². The summed E-state index contributed by atoms with van der Waals surface area (Å²) in [6.45, 7) is 2.86. The number of nitrogens with zero attached hydrogens (tertiary/aromatic N) is 3. The van der Waals surface area contributed by atoms with Crippen LogP contribution in [0.2, 0.25) is 0 Å². The summed E-state index contributed by atoms with van der Waals surface area (Å²) in [5.74, 6) is 0.832. The number of carbonyl (C=O) groups is 1. The molecule has 0 fully saturated rings. The zero-order chi connectivity index (χ0) is 21.5. The van der Waals surface area contributed by atoms with Gasteiger partial charge in [-0.2, -0.15) is 9.97 Å². The first kappa shape index (κ1) is 19.0. The number of rotatable bonds is 5. The first-order valence-corrected chi connectivity index (χ1v) is 9.94. The van der Waals surface area contributed by atoms with Gasteiger partial charge in [-0.3, -0.25) is 9.36 Å². The van der Waals surface area contributed by atoms with Gasteiger partial charge < -0.3 is 15.8 Å². The molecule has 0 saturated carbocycles. The van der Waals surface area contributed by atoms with Gasteiger partial charge >= 0.3 is 0 Å². The lowest BCUT2D eigenvalue weighted by Gasteiger charge is -2.13. The normalized spacial score (nSPS) is 12.6. The van der Waals surface area contributed by atoms with Crippen LogP contribution in [0.3, 0.4) is 0 Å². The summed E-state index contributed by atoms with van der Waals surface area (Å²) < 4.78 is 21.1. The summed E-state index contributed by atoms with van der Waals surface area (Å²) in [5.41, 5.74) is 9.33. The van der Waals surface area contributed by atoms with Crippen molar-refractivity contribution < 1.29 is 13.9 Å². The van der Waals surface area contributed by atoms with Crippen molar-refractivity contribution in [3.8, 4) is 11.8 Å². The Balaban J connectivity index is 1.60. The number of nitrogens with two attached hydrogens (primary N) is 1. The van der Waals surface area contributed by atoms with E-state index in [4.69, 9.17) is 15.5 Å². The number of fused-ring (bicyclic) bond motifs is 2. The van der Waals surface area contributed by atoms with Gasteiger partial charge in [-0.25, -0.2) is 4.39 Å². The summed E-state index contributed by atoms with van der Waals surface area (Å²) in [6, 6.07) is 13.7. The fraction of sp³-hybridized carbons (Fsp3) is 0.174. The van der Waals surface area contributed by atoms with Gasteiger partial charge in [0.15, 0.2) is 0 Å². The Bertz CT molecular complexity index is 1330. The number of primary amides is 1. The third-order valence-electron chi connectivity index (χ3n) is 5.39. The van der Waals surface area contributed by atoms with Crippen LogP contribution < -0.4 is 15.8 Å². The van der Waals surface area contributed by atoms with Crippen LogP contribution in [0.4, 0.5) is 10.2 Å². The summed E-state index contributed by atoms with van der Waals surface area (Å²) in [6.07, 6.45) is 0.693. The highest BCUT2D eigenvalue weighted by Crippen LogP contribution is 2.32.